The zero-order valence-corrected chi connectivity index (χ0v) is 11.4. The van der Waals surface area contributed by atoms with Crippen LogP contribution >= 0.6 is 0 Å². The minimum atomic E-state index is -0.805. The van der Waals surface area contributed by atoms with E-state index in [0.717, 1.165) is 18.4 Å². The Morgan fingerprint density at radius 2 is 1.85 bits per heavy atom. The molecule has 20 heavy (non-hydrogen) atoms. The number of ether oxygens (including phenoxy) is 1. The Morgan fingerprint density at radius 3 is 2.50 bits per heavy atom. The van der Waals surface area contributed by atoms with Crippen molar-refractivity contribution in [3.63, 3.8) is 0 Å². The third-order valence-electron chi connectivity index (χ3n) is 4.21. The molecule has 1 aromatic rings. The monoisotopic (exact) mass is 277 g/mol. The van der Waals surface area contributed by atoms with Gasteiger partial charge < -0.3 is 9.64 Å². The van der Waals surface area contributed by atoms with Gasteiger partial charge in [-0.15, -0.1) is 0 Å². The topological polar surface area (TPSA) is 46.6 Å². The number of rotatable bonds is 1. The second-order valence-corrected chi connectivity index (χ2v) is 5.87. The molecule has 0 radical (unpaired) electrons. The zero-order chi connectivity index (χ0) is 14.5. The molecule has 1 amide bonds. The SMILES string of the molecule is CC1(C)OC(=O)C(=O)N2C1CC[C@H]2c1ccc(F)cc1. The summed E-state index contributed by atoms with van der Waals surface area (Å²) in [4.78, 5) is 25.4. The predicted octanol–water partition coefficient (Wildman–Crippen LogP) is 2.19. The van der Waals surface area contributed by atoms with Gasteiger partial charge in [0.15, 0.2) is 0 Å². The van der Waals surface area contributed by atoms with Crippen LogP contribution in [0.1, 0.15) is 38.3 Å². The Morgan fingerprint density at radius 1 is 1.20 bits per heavy atom. The van der Waals surface area contributed by atoms with E-state index in [2.05, 4.69) is 0 Å². The summed E-state index contributed by atoms with van der Waals surface area (Å²) in [7, 11) is 0. The van der Waals surface area contributed by atoms with Gasteiger partial charge in [-0.25, -0.2) is 9.18 Å². The van der Waals surface area contributed by atoms with Crippen molar-refractivity contribution in [2.75, 3.05) is 0 Å². The van der Waals surface area contributed by atoms with E-state index >= 15 is 0 Å². The van der Waals surface area contributed by atoms with Crippen LogP contribution < -0.4 is 0 Å². The van der Waals surface area contributed by atoms with Crippen LogP contribution in [-0.4, -0.2) is 28.4 Å². The molecule has 2 atom stereocenters. The number of halogens is 1. The van der Waals surface area contributed by atoms with Crippen molar-refractivity contribution in [3.05, 3.63) is 35.6 Å². The van der Waals surface area contributed by atoms with Gasteiger partial charge in [0.05, 0.1) is 12.1 Å². The molecular formula is C15H16FNO3. The van der Waals surface area contributed by atoms with Crippen molar-refractivity contribution in [2.45, 2.75) is 44.4 Å². The minimum Gasteiger partial charge on any atom is -0.450 e. The average molecular weight is 277 g/mol. The van der Waals surface area contributed by atoms with Crippen LogP contribution in [0.25, 0.3) is 0 Å². The van der Waals surface area contributed by atoms with E-state index in [1.165, 1.54) is 12.1 Å². The van der Waals surface area contributed by atoms with E-state index < -0.39 is 17.5 Å². The summed E-state index contributed by atoms with van der Waals surface area (Å²) in [5.74, 6) is -1.71. The first-order valence-corrected chi connectivity index (χ1v) is 6.71. The number of carbonyl (C=O) groups is 2. The van der Waals surface area contributed by atoms with Crippen LogP contribution in [0.2, 0.25) is 0 Å². The van der Waals surface area contributed by atoms with Crippen molar-refractivity contribution in [2.24, 2.45) is 0 Å². The van der Waals surface area contributed by atoms with Gasteiger partial charge in [-0.05, 0) is 44.4 Å². The maximum atomic E-state index is 13.0. The van der Waals surface area contributed by atoms with Crippen molar-refractivity contribution >= 4 is 11.9 Å². The zero-order valence-electron chi connectivity index (χ0n) is 11.4. The standard InChI is InChI=1S/C15H16FNO3/c1-15(2)12-8-7-11(9-3-5-10(16)6-4-9)17(12)13(18)14(19)20-15/h3-6,11-12H,7-8H2,1-2H3/t11-,12?/m0/s1. The number of amides is 1. The summed E-state index contributed by atoms with van der Waals surface area (Å²) in [6.07, 6.45) is 1.52. The first-order valence-electron chi connectivity index (χ1n) is 6.71. The molecule has 4 nitrogen and oxygen atoms in total. The Kier molecular flexibility index (Phi) is 2.81. The lowest BCUT2D eigenvalue weighted by Crippen LogP contribution is -2.59. The van der Waals surface area contributed by atoms with E-state index in [1.807, 2.05) is 13.8 Å². The Bertz CT molecular complexity index is 567. The van der Waals surface area contributed by atoms with Gasteiger partial charge in [-0.3, -0.25) is 4.79 Å². The molecule has 5 heteroatoms. The molecule has 0 spiro atoms. The maximum Gasteiger partial charge on any atom is 0.397 e. The third kappa shape index (κ3) is 1.88. The molecular weight excluding hydrogens is 261 g/mol. The minimum absolute atomic E-state index is 0.122. The lowest BCUT2D eigenvalue weighted by atomic mass is 9.95. The quantitative estimate of drug-likeness (QED) is 0.584. The number of fused-ring (bicyclic) bond motifs is 1. The smallest absolute Gasteiger partial charge is 0.397 e. The molecule has 0 aromatic heterocycles. The first kappa shape index (κ1) is 13.1. The number of cyclic esters (lactones) is 1. The highest BCUT2D eigenvalue weighted by molar-refractivity contribution is 6.33. The molecule has 2 fully saturated rings. The maximum absolute atomic E-state index is 13.0. The fourth-order valence-electron chi connectivity index (χ4n) is 3.24. The van der Waals surface area contributed by atoms with E-state index in [-0.39, 0.29) is 17.9 Å². The van der Waals surface area contributed by atoms with Crippen LogP contribution in [0.15, 0.2) is 24.3 Å². The van der Waals surface area contributed by atoms with E-state index in [9.17, 15) is 14.0 Å². The normalized spacial score (nSPS) is 28.2. The number of esters is 1. The predicted molar refractivity (Wildman–Crippen MR) is 69.2 cm³/mol. The molecule has 0 aliphatic carbocycles. The molecule has 1 aromatic carbocycles. The van der Waals surface area contributed by atoms with Crippen LogP contribution in [0, 0.1) is 5.82 Å². The van der Waals surface area contributed by atoms with Crippen LogP contribution in [-0.2, 0) is 14.3 Å². The highest BCUT2D eigenvalue weighted by Crippen LogP contribution is 2.43. The first-order chi connectivity index (χ1) is 9.40. The van der Waals surface area contributed by atoms with Gasteiger partial charge in [0.1, 0.15) is 11.4 Å². The Hall–Kier alpha value is -1.91. The highest BCUT2D eigenvalue weighted by Gasteiger charge is 2.53. The molecule has 106 valence electrons. The summed E-state index contributed by atoms with van der Waals surface area (Å²) in [5.41, 5.74) is 0.174. The molecule has 2 aliphatic heterocycles. The molecule has 2 heterocycles. The Labute approximate surface area is 116 Å². The van der Waals surface area contributed by atoms with Gasteiger partial charge in [0.25, 0.3) is 0 Å². The summed E-state index contributed by atoms with van der Waals surface area (Å²) in [6.45, 7) is 3.64. The van der Waals surface area contributed by atoms with Gasteiger partial charge in [-0.2, -0.15) is 0 Å². The van der Waals surface area contributed by atoms with Gasteiger partial charge in [0, 0.05) is 0 Å². The molecule has 2 saturated heterocycles. The fraction of sp³-hybridized carbons (Fsp3) is 0.467. The van der Waals surface area contributed by atoms with E-state index in [4.69, 9.17) is 4.74 Å². The molecule has 3 rings (SSSR count). The van der Waals surface area contributed by atoms with Crippen molar-refractivity contribution in [3.8, 4) is 0 Å². The number of morpholine rings is 1. The van der Waals surface area contributed by atoms with Gasteiger partial charge in [-0.1, -0.05) is 12.1 Å². The molecule has 0 N–H and O–H groups in total. The van der Waals surface area contributed by atoms with Gasteiger partial charge in [0.2, 0.25) is 0 Å². The second-order valence-electron chi connectivity index (χ2n) is 5.87. The molecule has 2 aliphatic rings. The third-order valence-corrected chi connectivity index (χ3v) is 4.21. The second kappa shape index (κ2) is 4.30. The number of benzene rings is 1. The molecule has 0 saturated carbocycles. The van der Waals surface area contributed by atoms with Crippen LogP contribution in [0.3, 0.4) is 0 Å². The summed E-state index contributed by atoms with van der Waals surface area (Å²) >= 11 is 0. The van der Waals surface area contributed by atoms with Crippen molar-refractivity contribution in [1.29, 1.82) is 0 Å². The lowest BCUT2D eigenvalue weighted by Gasteiger charge is -2.43. The lowest BCUT2D eigenvalue weighted by molar-refractivity contribution is -0.188. The number of hydrogen-bond donors (Lipinski definition) is 0. The van der Waals surface area contributed by atoms with E-state index in [0.29, 0.717) is 0 Å². The number of nitrogens with zero attached hydrogens (tertiary/aromatic N) is 1. The highest BCUT2D eigenvalue weighted by atomic mass is 19.1. The largest absolute Gasteiger partial charge is 0.450 e. The van der Waals surface area contributed by atoms with Gasteiger partial charge >= 0.3 is 11.9 Å². The summed E-state index contributed by atoms with van der Waals surface area (Å²) in [5, 5.41) is 0. The molecule has 0 bridgehead atoms. The summed E-state index contributed by atoms with van der Waals surface area (Å²) < 4.78 is 18.2. The fourth-order valence-corrected chi connectivity index (χ4v) is 3.24. The van der Waals surface area contributed by atoms with E-state index in [1.54, 1.807) is 17.0 Å². The summed E-state index contributed by atoms with van der Waals surface area (Å²) in [6, 6.07) is 5.79. The van der Waals surface area contributed by atoms with Crippen LogP contribution in [0.5, 0.6) is 0 Å². The van der Waals surface area contributed by atoms with Crippen molar-refractivity contribution in [1.82, 2.24) is 4.90 Å². The number of carbonyl (C=O) groups excluding carboxylic acids is 2. The van der Waals surface area contributed by atoms with Crippen molar-refractivity contribution < 1.29 is 18.7 Å². The molecule has 1 unspecified atom stereocenters. The van der Waals surface area contributed by atoms with Crippen LogP contribution in [0.4, 0.5) is 4.39 Å². The average Bonchev–Trinajstić information content (AvgIpc) is 2.82. The Balaban J connectivity index is 1.97. The number of hydrogen-bond acceptors (Lipinski definition) is 3.